The van der Waals surface area contributed by atoms with Gasteiger partial charge in [-0.25, -0.2) is 0 Å². The predicted molar refractivity (Wildman–Crippen MR) is 63.1 cm³/mol. The summed E-state index contributed by atoms with van der Waals surface area (Å²) in [6.07, 6.45) is 3.63. The van der Waals surface area contributed by atoms with Gasteiger partial charge in [-0.2, -0.15) is 4.98 Å². The molecule has 1 unspecified atom stereocenters. The Bertz CT molecular complexity index is 371. The Morgan fingerprint density at radius 2 is 2.29 bits per heavy atom. The van der Waals surface area contributed by atoms with Crippen molar-refractivity contribution in [3.8, 4) is 5.88 Å². The summed E-state index contributed by atoms with van der Waals surface area (Å²) < 4.78 is 5.20. The fraction of sp³-hybridized carbons (Fsp3) is 0.545. The minimum absolute atomic E-state index is 0.329. The predicted octanol–water partition coefficient (Wildman–Crippen LogP) is 1.40. The van der Waals surface area contributed by atoms with Crippen molar-refractivity contribution in [3.05, 3.63) is 12.4 Å². The number of ether oxygens (including phenoxy) is 1. The van der Waals surface area contributed by atoms with Crippen LogP contribution in [0.1, 0.15) is 20.3 Å². The Balaban J connectivity index is 2.56. The van der Waals surface area contributed by atoms with Gasteiger partial charge in [0.25, 0.3) is 0 Å². The summed E-state index contributed by atoms with van der Waals surface area (Å²) in [6, 6.07) is 0. The Morgan fingerprint density at radius 3 is 2.88 bits per heavy atom. The van der Waals surface area contributed by atoms with Crippen molar-refractivity contribution in [3.63, 3.8) is 0 Å². The zero-order valence-electron chi connectivity index (χ0n) is 10.0. The topological polar surface area (TPSA) is 84.3 Å². The molecular formula is C11H17N3O3. The van der Waals surface area contributed by atoms with Crippen molar-refractivity contribution in [2.75, 3.05) is 18.5 Å². The first kappa shape index (κ1) is 13.2. The zero-order valence-corrected chi connectivity index (χ0v) is 10.0. The molecule has 6 heteroatoms. The van der Waals surface area contributed by atoms with Gasteiger partial charge in [0.1, 0.15) is 5.82 Å². The maximum absolute atomic E-state index is 10.8. The van der Waals surface area contributed by atoms with Crippen molar-refractivity contribution < 1.29 is 14.6 Å². The SMILES string of the molecule is CCOc1cncc(NCC(CC)C(=O)O)n1. The third-order valence-electron chi connectivity index (χ3n) is 2.28. The van der Waals surface area contributed by atoms with Gasteiger partial charge >= 0.3 is 5.97 Å². The van der Waals surface area contributed by atoms with Crippen molar-refractivity contribution in [1.29, 1.82) is 0 Å². The summed E-state index contributed by atoms with van der Waals surface area (Å²) in [5.41, 5.74) is 0. The molecular weight excluding hydrogens is 222 g/mol. The Morgan fingerprint density at radius 1 is 1.53 bits per heavy atom. The Kier molecular flexibility index (Phi) is 5.19. The number of aliphatic carboxylic acids is 1. The van der Waals surface area contributed by atoms with Crippen molar-refractivity contribution in [2.45, 2.75) is 20.3 Å². The number of nitrogens with zero attached hydrogens (tertiary/aromatic N) is 2. The van der Waals surface area contributed by atoms with Gasteiger partial charge in [-0.15, -0.1) is 0 Å². The van der Waals surface area contributed by atoms with Gasteiger partial charge in [0.2, 0.25) is 5.88 Å². The molecule has 0 amide bonds. The fourth-order valence-corrected chi connectivity index (χ4v) is 1.28. The lowest BCUT2D eigenvalue weighted by molar-refractivity contribution is -0.141. The zero-order chi connectivity index (χ0) is 12.7. The van der Waals surface area contributed by atoms with Gasteiger partial charge in [-0.1, -0.05) is 6.92 Å². The smallest absolute Gasteiger partial charge is 0.308 e. The summed E-state index contributed by atoms with van der Waals surface area (Å²) >= 11 is 0. The molecule has 0 aliphatic rings. The maximum Gasteiger partial charge on any atom is 0.308 e. The van der Waals surface area contributed by atoms with E-state index in [0.29, 0.717) is 31.3 Å². The molecule has 0 aliphatic heterocycles. The minimum atomic E-state index is -0.811. The van der Waals surface area contributed by atoms with E-state index in [0.717, 1.165) is 0 Å². The number of aromatic nitrogens is 2. The second-order valence-electron chi connectivity index (χ2n) is 3.50. The quantitative estimate of drug-likeness (QED) is 0.748. The number of carboxylic acids is 1. The van der Waals surface area contributed by atoms with Crippen LogP contribution in [0.25, 0.3) is 0 Å². The molecule has 94 valence electrons. The van der Waals surface area contributed by atoms with Crippen LogP contribution in [0.5, 0.6) is 5.88 Å². The molecule has 0 bridgehead atoms. The van der Waals surface area contributed by atoms with Crippen molar-refractivity contribution in [1.82, 2.24) is 9.97 Å². The third-order valence-corrected chi connectivity index (χ3v) is 2.28. The molecule has 0 spiro atoms. The van der Waals surface area contributed by atoms with Gasteiger partial charge < -0.3 is 15.2 Å². The summed E-state index contributed by atoms with van der Waals surface area (Å²) in [5.74, 6) is -0.280. The third kappa shape index (κ3) is 4.26. The molecule has 1 aromatic heterocycles. The highest BCUT2D eigenvalue weighted by Gasteiger charge is 2.14. The van der Waals surface area contributed by atoms with Crippen molar-refractivity contribution in [2.24, 2.45) is 5.92 Å². The molecule has 1 rings (SSSR count). The highest BCUT2D eigenvalue weighted by atomic mass is 16.5. The lowest BCUT2D eigenvalue weighted by Gasteiger charge is -2.11. The van der Waals surface area contributed by atoms with E-state index in [2.05, 4.69) is 15.3 Å². The van der Waals surface area contributed by atoms with Gasteiger partial charge in [-0.05, 0) is 13.3 Å². The Hall–Kier alpha value is -1.85. The largest absolute Gasteiger partial charge is 0.481 e. The van der Waals surface area contributed by atoms with Gasteiger partial charge in [-0.3, -0.25) is 9.78 Å². The summed E-state index contributed by atoms with van der Waals surface area (Å²) in [6.45, 7) is 4.54. The van der Waals surface area contributed by atoms with E-state index < -0.39 is 11.9 Å². The number of carbonyl (C=O) groups is 1. The molecule has 1 aromatic rings. The summed E-state index contributed by atoms with van der Waals surface area (Å²) in [7, 11) is 0. The monoisotopic (exact) mass is 239 g/mol. The molecule has 0 saturated heterocycles. The first-order chi connectivity index (χ1) is 8.17. The van der Waals surface area contributed by atoms with Crippen LogP contribution >= 0.6 is 0 Å². The molecule has 0 aromatic carbocycles. The lowest BCUT2D eigenvalue weighted by Crippen LogP contribution is -2.22. The number of hydrogen-bond donors (Lipinski definition) is 2. The molecule has 0 fully saturated rings. The Labute approximate surface area is 100 Å². The van der Waals surface area contributed by atoms with Gasteiger partial charge in [0.15, 0.2) is 0 Å². The number of nitrogens with one attached hydrogen (secondary N) is 1. The van der Waals surface area contributed by atoms with Crippen LogP contribution in [0.4, 0.5) is 5.82 Å². The van der Waals surface area contributed by atoms with Gasteiger partial charge in [0, 0.05) is 6.54 Å². The van der Waals surface area contributed by atoms with Crippen LogP contribution in [-0.4, -0.2) is 34.2 Å². The second kappa shape index (κ2) is 6.67. The highest BCUT2D eigenvalue weighted by molar-refractivity contribution is 5.70. The summed E-state index contributed by atoms with van der Waals surface area (Å²) in [4.78, 5) is 18.9. The molecule has 6 nitrogen and oxygen atoms in total. The van der Waals surface area contributed by atoms with E-state index >= 15 is 0 Å². The van der Waals surface area contributed by atoms with E-state index in [1.807, 2.05) is 13.8 Å². The molecule has 1 atom stereocenters. The number of carboxylic acid groups (broad SMARTS) is 1. The molecule has 0 radical (unpaired) electrons. The van der Waals surface area contributed by atoms with Crippen LogP contribution < -0.4 is 10.1 Å². The second-order valence-corrected chi connectivity index (χ2v) is 3.50. The van der Waals surface area contributed by atoms with Crippen LogP contribution in [0.3, 0.4) is 0 Å². The number of hydrogen-bond acceptors (Lipinski definition) is 5. The lowest BCUT2D eigenvalue weighted by atomic mass is 10.1. The van der Waals surface area contributed by atoms with Crippen LogP contribution in [0, 0.1) is 5.92 Å². The molecule has 0 aliphatic carbocycles. The van der Waals surface area contributed by atoms with Crippen LogP contribution in [0.15, 0.2) is 12.4 Å². The van der Waals surface area contributed by atoms with Crippen LogP contribution in [0.2, 0.25) is 0 Å². The first-order valence-corrected chi connectivity index (χ1v) is 5.58. The van der Waals surface area contributed by atoms with Crippen LogP contribution in [-0.2, 0) is 4.79 Å². The molecule has 1 heterocycles. The van der Waals surface area contributed by atoms with E-state index in [4.69, 9.17) is 9.84 Å². The van der Waals surface area contributed by atoms with Gasteiger partial charge in [0.05, 0.1) is 24.9 Å². The average Bonchev–Trinajstić information content (AvgIpc) is 2.30. The van der Waals surface area contributed by atoms with E-state index in [-0.39, 0.29) is 0 Å². The standard InChI is InChI=1S/C11H17N3O3/c1-3-8(11(15)16)5-13-9-6-12-7-10(14-9)17-4-2/h6-8H,3-5H2,1-2H3,(H,13,14)(H,15,16). The van der Waals surface area contributed by atoms with E-state index in [9.17, 15) is 4.79 Å². The summed E-state index contributed by atoms with van der Waals surface area (Å²) in [5, 5.41) is 11.8. The molecule has 0 saturated carbocycles. The maximum atomic E-state index is 10.8. The first-order valence-electron chi connectivity index (χ1n) is 5.58. The average molecular weight is 239 g/mol. The molecule has 2 N–H and O–H groups in total. The molecule has 17 heavy (non-hydrogen) atoms. The fourth-order valence-electron chi connectivity index (χ4n) is 1.28. The number of anilines is 1. The van der Waals surface area contributed by atoms with E-state index in [1.165, 1.54) is 12.4 Å². The number of rotatable bonds is 7. The minimum Gasteiger partial charge on any atom is -0.481 e. The normalized spacial score (nSPS) is 11.9. The van der Waals surface area contributed by atoms with Crippen molar-refractivity contribution >= 4 is 11.8 Å². The highest BCUT2D eigenvalue weighted by Crippen LogP contribution is 2.10. The van der Waals surface area contributed by atoms with E-state index in [1.54, 1.807) is 0 Å².